The Morgan fingerprint density at radius 1 is 1.29 bits per heavy atom. The summed E-state index contributed by atoms with van der Waals surface area (Å²) in [7, 11) is 1.67. The molecule has 0 saturated heterocycles. The van der Waals surface area contributed by atoms with Crippen LogP contribution in [0.15, 0.2) is 29.8 Å². The molecule has 0 unspecified atom stereocenters. The number of hydrogen-bond donors (Lipinski definition) is 1. The quantitative estimate of drug-likeness (QED) is 0.809. The summed E-state index contributed by atoms with van der Waals surface area (Å²) in [6.45, 7) is 4.69. The van der Waals surface area contributed by atoms with Crippen molar-refractivity contribution in [1.29, 1.82) is 0 Å². The molecular formula is C14H19NO2. The average molecular weight is 233 g/mol. The fourth-order valence-corrected chi connectivity index (χ4v) is 1.87. The summed E-state index contributed by atoms with van der Waals surface area (Å²) in [6, 6.07) is 6.00. The van der Waals surface area contributed by atoms with E-state index < -0.39 is 0 Å². The van der Waals surface area contributed by atoms with Crippen LogP contribution in [0.2, 0.25) is 0 Å². The third-order valence-electron chi connectivity index (χ3n) is 2.89. The summed E-state index contributed by atoms with van der Waals surface area (Å²) in [6.07, 6.45) is 3.26. The summed E-state index contributed by atoms with van der Waals surface area (Å²) < 4.78 is 11.1. The maximum absolute atomic E-state index is 5.80. The summed E-state index contributed by atoms with van der Waals surface area (Å²) in [4.78, 5) is 0. The maximum Gasteiger partial charge on any atom is 0.161 e. The molecule has 0 amide bonds. The van der Waals surface area contributed by atoms with Crippen molar-refractivity contribution in [2.45, 2.75) is 13.3 Å². The zero-order valence-corrected chi connectivity index (χ0v) is 10.5. The van der Waals surface area contributed by atoms with Crippen LogP contribution in [0.3, 0.4) is 0 Å². The summed E-state index contributed by atoms with van der Waals surface area (Å²) in [5, 5.41) is 3.29. The largest absolute Gasteiger partial charge is 0.493 e. The van der Waals surface area contributed by atoms with Gasteiger partial charge in [-0.15, -0.1) is 0 Å². The Morgan fingerprint density at radius 3 is 2.88 bits per heavy atom. The van der Waals surface area contributed by atoms with Crippen LogP contribution < -0.4 is 14.8 Å². The number of hydrogen-bond acceptors (Lipinski definition) is 3. The molecule has 1 heterocycles. The van der Waals surface area contributed by atoms with Gasteiger partial charge in [-0.05, 0) is 43.2 Å². The second-order valence-electron chi connectivity index (χ2n) is 4.26. The maximum atomic E-state index is 5.80. The number of aryl methyl sites for hydroxylation is 1. The van der Waals surface area contributed by atoms with Gasteiger partial charge in [0.25, 0.3) is 0 Å². The summed E-state index contributed by atoms with van der Waals surface area (Å²) in [5.41, 5.74) is 2.53. The van der Waals surface area contributed by atoms with E-state index in [9.17, 15) is 0 Å². The van der Waals surface area contributed by atoms with Gasteiger partial charge in [-0.25, -0.2) is 0 Å². The highest BCUT2D eigenvalue weighted by Gasteiger charge is 2.07. The van der Waals surface area contributed by atoms with Crippen molar-refractivity contribution in [3.63, 3.8) is 0 Å². The van der Waals surface area contributed by atoms with Gasteiger partial charge in [-0.1, -0.05) is 12.1 Å². The Morgan fingerprint density at radius 2 is 2.18 bits per heavy atom. The van der Waals surface area contributed by atoms with Crippen molar-refractivity contribution < 1.29 is 9.47 Å². The van der Waals surface area contributed by atoms with E-state index in [4.69, 9.17) is 9.47 Å². The predicted molar refractivity (Wildman–Crippen MR) is 68.8 cm³/mol. The van der Waals surface area contributed by atoms with E-state index in [1.807, 2.05) is 25.1 Å². The monoisotopic (exact) mass is 233 g/mol. The highest BCUT2D eigenvalue weighted by atomic mass is 16.5. The van der Waals surface area contributed by atoms with Crippen molar-refractivity contribution in [3.8, 4) is 11.5 Å². The van der Waals surface area contributed by atoms with Crippen molar-refractivity contribution in [2.24, 2.45) is 0 Å². The number of ether oxygens (including phenoxy) is 2. The molecule has 0 spiro atoms. The molecule has 1 aliphatic rings. The van der Waals surface area contributed by atoms with Crippen LogP contribution in [0.4, 0.5) is 0 Å². The van der Waals surface area contributed by atoms with E-state index in [0.717, 1.165) is 31.0 Å². The highest BCUT2D eigenvalue weighted by Crippen LogP contribution is 2.28. The second-order valence-corrected chi connectivity index (χ2v) is 4.26. The van der Waals surface area contributed by atoms with E-state index in [-0.39, 0.29) is 0 Å². The minimum atomic E-state index is 0.654. The second kappa shape index (κ2) is 5.73. The normalized spacial score (nSPS) is 15.3. The lowest BCUT2D eigenvalue weighted by Crippen LogP contribution is -2.22. The molecule has 3 nitrogen and oxygen atoms in total. The molecule has 0 radical (unpaired) electrons. The first kappa shape index (κ1) is 12.0. The van der Waals surface area contributed by atoms with Crippen molar-refractivity contribution >= 4 is 0 Å². The van der Waals surface area contributed by atoms with Crippen LogP contribution in [0.25, 0.3) is 0 Å². The molecule has 0 aliphatic carbocycles. The molecule has 0 aromatic heterocycles. The van der Waals surface area contributed by atoms with E-state index >= 15 is 0 Å². The highest BCUT2D eigenvalue weighted by molar-refractivity contribution is 5.42. The average Bonchev–Trinajstić information content (AvgIpc) is 2.38. The molecule has 0 saturated carbocycles. The number of nitrogens with one attached hydrogen (secondary N) is 1. The fourth-order valence-electron chi connectivity index (χ4n) is 1.87. The summed E-state index contributed by atoms with van der Waals surface area (Å²) >= 11 is 0. The molecule has 0 bridgehead atoms. The third kappa shape index (κ3) is 3.24. The minimum absolute atomic E-state index is 0.654. The van der Waals surface area contributed by atoms with Crippen molar-refractivity contribution in [2.75, 3.05) is 26.8 Å². The Labute approximate surface area is 102 Å². The Kier molecular flexibility index (Phi) is 4.04. The summed E-state index contributed by atoms with van der Waals surface area (Å²) in [5.74, 6) is 1.62. The SMILES string of the molecule is COc1cc(C)ccc1OCC1=CCNCC1. The van der Waals surface area contributed by atoms with Gasteiger partial charge in [0.05, 0.1) is 7.11 Å². The van der Waals surface area contributed by atoms with Crippen LogP contribution in [-0.2, 0) is 0 Å². The molecule has 1 N–H and O–H groups in total. The first-order chi connectivity index (χ1) is 8.29. The van der Waals surface area contributed by atoms with Crippen LogP contribution in [0.1, 0.15) is 12.0 Å². The molecule has 2 rings (SSSR count). The molecule has 0 atom stereocenters. The smallest absolute Gasteiger partial charge is 0.161 e. The lowest BCUT2D eigenvalue weighted by Gasteiger charge is -2.16. The first-order valence-electron chi connectivity index (χ1n) is 5.95. The first-order valence-corrected chi connectivity index (χ1v) is 5.95. The van der Waals surface area contributed by atoms with Gasteiger partial charge < -0.3 is 14.8 Å². The van der Waals surface area contributed by atoms with Gasteiger partial charge in [-0.3, -0.25) is 0 Å². The zero-order valence-electron chi connectivity index (χ0n) is 10.5. The standard InChI is InChI=1S/C14H19NO2/c1-11-3-4-13(14(9-11)16-2)17-10-12-5-7-15-8-6-12/h3-5,9,15H,6-8,10H2,1-2H3. The lowest BCUT2D eigenvalue weighted by molar-refractivity contribution is 0.314. The molecule has 92 valence electrons. The van der Waals surface area contributed by atoms with Gasteiger partial charge in [0.15, 0.2) is 11.5 Å². The number of rotatable bonds is 4. The number of methoxy groups -OCH3 is 1. The van der Waals surface area contributed by atoms with Crippen LogP contribution in [-0.4, -0.2) is 26.8 Å². The van der Waals surface area contributed by atoms with E-state index in [0.29, 0.717) is 6.61 Å². The molecule has 1 aromatic carbocycles. The van der Waals surface area contributed by atoms with Crippen LogP contribution >= 0.6 is 0 Å². The Balaban J connectivity index is 2.00. The lowest BCUT2D eigenvalue weighted by atomic mass is 10.1. The van der Waals surface area contributed by atoms with Crippen molar-refractivity contribution in [3.05, 3.63) is 35.4 Å². The minimum Gasteiger partial charge on any atom is -0.493 e. The van der Waals surface area contributed by atoms with E-state index in [1.54, 1.807) is 7.11 Å². The van der Waals surface area contributed by atoms with Crippen LogP contribution in [0, 0.1) is 6.92 Å². The third-order valence-corrected chi connectivity index (χ3v) is 2.89. The Bertz CT molecular complexity index is 413. The molecule has 1 aliphatic heterocycles. The molecule has 0 fully saturated rings. The van der Waals surface area contributed by atoms with Crippen molar-refractivity contribution in [1.82, 2.24) is 5.32 Å². The molecule has 1 aromatic rings. The van der Waals surface area contributed by atoms with Gasteiger partial charge in [0, 0.05) is 6.54 Å². The molecule has 3 heteroatoms. The van der Waals surface area contributed by atoms with Gasteiger partial charge in [0.1, 0.15) is 6.61 Å². The number of benzene rings is 1. The molecule has 17 heavy (non-hydrogen) atoms. The van der Waals surface area contributed by atoms with E-state index in [1.165, 1.54) is 11.1 Å². The fraction of sp³-hybridized carbons (Fsp3) is 0.429. The van der Waals surface area contributed by atoms with E-state index in [2.05, 4.69) is 11.4 Å². The molecular weight excluding hydrogens is 214 g/mol. The van der Waals surface area contributed by atoms with Gasteiger partial charge in [-0.2, -0.15) is 0 Å². The van der Waals surface area contributed by atoms with Gasteiger partial charge in [0.2, 0.25) is 0 Å². The topological polar surface area (TPSA) is 30.5 Å². The predicted octanol–water partition coefficient (Wildman–Crippen LogP) is 2.30. The van der Waals surface area contributed by atoms with Crippen LogP contribution in [0.5, 0.6) is 11.5 Å². The zero-order chi connectivity index (χ0) is 12.1. The van der Waals surface area contributed by atoms with Gasteiger partial charge >= 0.3 is 0 Å². The Hall–Kier alpha value is -1.48.